The van der Waals surface area contributed by atoms with Crippen molar-refractivity contribution in [3.63, 3.8) is 0 Å². The number of halogens is 2. The number of aliphatic imine (C=N–C) groups is 1. The average Bonchev–Trinajstić information content (AvgIpc) is 2.04. The van der Waals surface area contributed by atoms with Gasteiger partial charge in [-0.25, -0.2) is 13.6 Å². The maximum atomic E-state index is 13.0. The van der Waals surface area contributed by atoms with Gasteiger partial charge in [0.1, 0.15) is 11.6 Å². The van der Waals surface area contributed by atoms with Crippen molar-refractivity contribution in [2.24, 2.45) is 4.99 Å². The van der Waals surface area contributed by atoms with Crippen molar-refractivity contribution >= 4 is 6.08 Å². The molecule has 0 aliphatic carbocycles. The van der Waals surface area contributed by atoms with Crippen LogP contribution in [0.4, 0.5) is 8.78 Å². The molecule has 0 radical (unpaired) electrons. The third kappa shape index (κ3) is 2.20. The van der Waals surface area contributed by atoms with Gasteiger partial charge in [0.15, 0.2) is 0 Å². The molecule has 0 saturated carbocycles. The first-order valence-electron chi connectivity index (χ1n) is 3.67. The standard InChI is InChI=1S/C9H7F2NO/c1-6(12-5-13)8-3-2-7(10)4-9(8)11/h2-4,6H,1H3. The molecule has 0 heterocycles. The molecule has 0 saturated heterocycles. The largest absolute Gasteiger partial charge is 0.235 e. The Kier molecular flexibility index (Phi) is 2.88. The third-order valence-corrected chi connectivity index (χ3v) is 1.66. The topological polar surface area (TPSA) is 29.4 Å². The SMILES string of the molecule is CC(N=C=O)c1ccc(F)cc1F. The lowest BCUT2D eigenvalue weighted by Gasteiger charge is -2.04. The van der Waals surface area contributed by atoms with E-state index >= 15 is 0 Å². The smallest absolute Gasteiger partial charge is 0.211 e. The highest BCUT2D eigenvalue weighted by molar-refractivity contribution is 5.35. The van der Waals surface area contributed by atoms with Crippen LogP contribution in [0.5, 0.6) is 0 Å². The maximum absolute atomic E-state index is 13.0. The highest BCUT2D eigenvalue weighted by Crippen LogP contribution is 2.19. The number of hydrogen-bond donors (Lipinski definition) is 0. The summed E-state index contributed by atoms with van der Waals surface area (Å²) in [5, 5.41) is 0. The third-order valence-electron chi connectivity index (χ3n) is 1.66. The van der Waals surface area contributed by atoms with E-state index in [4.69, 9.17) is 0 Å². The van der Waals surface area contributed by atoms with E-state index in [2.05, 4.69) is 4.99 Å². The molecule has 0 aliphatic rings. The average molecular weight is 183 g/mol. The second-order valence-electron chi connectivity index (χ2n) is 2.56. The first-order chi connectivity index (χ1) is 6.15. The summed E-state index contributed by atoms with van der Waals surface area (Å²) in [5.74, 6) is -1.35. The van der Waals surface area contributed by atoms with Gasteiger partial charge in [-0.2, -0.15) is 4.99 Å². The summed E-state index contributed by atoms with van der Waals surface area (Å²) in [4.78, 5) is 13.2. The Balaban J connectivity index is 3.08. The van der Waals surface area contributed by atoms with Gasteiger partial charge >= 0.3 is 0 Å². The molecule has 0 aliphatic heterocycles. The normalized spacial score (nSPS) is 11.9. The molecule has 0 aromatic heterocycles. The predicted molar refractivity (Wildman–Crippen MR) is 42.9 cm³/mol. The molecule has 4 heteroatoms. The number of rotatable bonds is 2. The molecule has 0 fully saturated rings. The van der Waals surface area contributed by atoms with Crippen molar-refractivity contribution in [2.45, 2.75) is 13.0 Å². The zero-order valence-electron chi connectivity index (χ0n) is 6.92. The molecular formula is C9H7F2NO. The number of hydrogen-bond acceptors (Lipinski definition) is 2. The quantitative estimate of drug-likeness (QED) is 0.511. The summed E-state index contributed by atoms with van der Waals surface area (Å²) in [5.41, 5.74) is 0.185. The molecule has 0 amide bonds. The Bertz CT molecular complexity index is 359. The van der Waals surface area contributed by atoms with Crippen molar-refractivity contribution in [1.82, 2.24) is 0 Å². The van der Waals surface area contributed by atoms with E-state index in [0.717, 1.165) is 12.1 Å². The van der Waals surface area contributed by atoms with E-state index in [1.54, 1.807) is 0 Å². The fourth-order valence-corrected chi connectivity index (χ4v) is 0.989. The zero-order chi connectivity index (χ0) is 9.84. The van der Waals surface area contributed by atoms with Crippen LogP contribution in [0, 0.1) is 11.6 Å². The van der Waals surface area contributed by atoms with Crippen LogP contribution in [0.1, 0.15) is 18.5 Å². The lowest BCUT2D eigenvalue weighted by Crippen LogP contribution is -1.94. The van der Waals surface area contributed by atoms with E-state index in [1.807, 2.05) is 0 Å². The number of benzene rings is 1. The molecule has 1 atom stereocenters. The number of nitrogens with zero attached hydrogens (tertiary/aromatic N) is 1. The van der Waals surface area contributed by atoms with Crippen LogP contribution in [0.15, 0.2) is 23.2 Å². The summed E-state index contributed by atoms with van der Waals surface area (Å²) in [6.45, 7) is 1.53. The van der Waals surface area contributed by atoms with Gasteiger partial charge in [0.2, 0.25) is 6.08 Å². The van der Waals surface area contributed by atoms with E-state index in [1.165, 1.54) is 19.1 Å². The molecule has 1 aromatic rings. The molecule has 1 aromatic carbocycles. The number of carbonyl (C=O) groups excluding carboxylic acids is 1. The second kappa shape index (κ2) is 3.92. The van der Waals surface area contributed by atoms with Gasteiger partial charge < -0.3 is 0 Å². The fraction of sp³-hybridized carbons (Fsp3) is 0.222. The Morgan fingerprint density at radius 3 is 2.69 bits per heavy atom. The highest BCUT2D eigenvalue weighted by atomic mass is 19.1. The van der Waals surface area contributed by atoms with Gasteiger partial charge in [-0.1, -0.05) is 6.07 Å². The van der Waals surface area contributed by atoms with E-state index in [9.17, 15) is 13.6 Å². The summed E-state index contributed by atoms with van der Waals surface area (Å²) in [6, 6.07) is 2.51. The predicted octanol–water partition coefficient (Wildman–Crippen LogP) is 2.36. The van der Waals surface area contributed by atoms with Gasteiger partial charge in [-0.15, -0.1) is 0 Å². The molecule has 68 valence electrons. The van der Waals surface area contributed by atoms with Crippen molar-refractivity contribution in [1.29, 1.82) is 0 Å². The monoisotopic (exact) mass is 183 g/mol. The van der Waals surface area contributed by atoms with Gasteiger partial charge in [-0.3, -0.25) is 0 Å². The van der Waals surface area contributed by atoms with Crippen molar-refractivity contribution in [3.05, 3.63) is 35.4 Å². The molecule has 13 heavy (non-hydrogen) atoms. The Hall–Kier alpha value is -1.54. The summed E-state index contributed by atoms with van der Waals surface area (Å²) in [7, 11) is 0. The van der Waals surface area contributed by atoms with Crippen LogP contribution in [-0.4, -0.2) is 6.08 Å². The van der Waals surface area contributed by atoms with E-state index < -0.39 is 17.7 Å². The molecule has 1 unspecified atom stereocenters. The minimum Gasteiger partial charge on any atom is -0.211 e. The Morgan fingerprint density at radius 2 is 2.15 bits per heavy atom. The van der Waals surface area contributed by atoms with E-state index in [-0.39, 0.29) is 5.56 Å². The van der Waals surface area contributed by atoms with Crippen LogP contribution < -0.4 is 0 Å². The lowest BCUT2D eigenvalue weighted by molar-refractivity contribution is 0.550. The second-order valence-corrected chi connectivity index (χ2v) is 2.56. The van der Waals surface area contributed by atoms with Gasteiger partial charge in [0.25, 0.3) is 0 Å². The molecule has 2 nitrogen and oxygen atoms in total. The van der Waals surface area contributed by atoms with Crippen LogP contribution in [0.3, 0.4) is 0 Å². The Morgan fingerprint density at radius 1 is 1.46 bits per heavy atom. The van der Waals surface area contributed by atoms with Crippen LogP contribution in [-0.2, 0) is 4.79 Å². The molecule has 1 rings (SSSR count). The first-order valence-corrected chi connectivity index (χ1v) is 3.67. The lowest BCUT2D eigenvalue weighted by atomic mass is 10.1. The number of isocyanates is 1. The van der Waals surface area contributed by atoms with Gasteiger partial charge in [0.05, 0.1) is 6.04 Å². The minimum absolute atomic E-state index is 0.185. The zero-order valence-corrected chi connectivity index (χ0v) is 6.92. The van der Waals surface area contributed by atoms with E-state index in [0.29, 0.717) is 0 Å². The molecular weight excluding hydrogens is 176 g/mol. The van der Waals surface area contributed by atoms with Crippen molar-refractivity contribution in [2.75, 3.05) is 0 Å². The van der Waals surface area contributed by atoms with Crippen LogP contribution in [0.2, 0.25) is 0 Å². The fourth-order valence-electron chi connectivity index (χ4n) is 0.989. The first kappa shape index (κ1) is 9.55. The minimum atomic E-state index is -0.702. The van der Waals surface area contributed by atoms with Crippen LogP contribution in [0.25, 0.3) is 0 Å². The van der Waals surface area contributed by atoms with Crippen molar-refractivity contribution < 1.29 is 13.6 Å². The summed E-state index contributed by atoms with van der Waals surface area (Å²) >= 11 is 0. The molecule has 0 spiro atoms. The highest BCUT2D eigenvalue weighted by Gasteiger charge is 2.09. The summed E-state index contributed by atoms with van der Waals surface area (Å²) < 4.78 is 25.4. The van der Waals surface area contributed by atoms with Gasteiger partial charge in [0, 0.05) is 11.6 Å². The summed E-state index contributed by atoms with van der Waals surface area (Å²) in [6.07, 6.45) is 1.32. The molecule has 0 N–H and O–H groups in total. The van der Waals surface area contributed by atoms with Gasteiger partial charge in [-0.05, 0) is 13.0 Å². The maximum Gasteiger partial charge on any atom is 0.235 e. The Labute approximate surface area is 73.9 Å². The van der Waals surface area contributed by atoms with Crippen LogP contribution >= 0.6 is 0 Å². The van der Waals surface area contributed by atoms with Crippen molar-refractivity contribution in [3.8, 4) is 0 Å². The molecule has 0 bridgehead atoms.